The molecule has 8 nitrogen and oxygen atoms in total. The van der Waals surface area contributed by atoms with E-state index in [2.05, 4.69) is 15.6 Å². The summed E-state index contributed by atoms with van der Waals surface area (Å²) in [4.78, 5) is 9.49. The molecule has 0 radical (unpaired) electrons. The van der Waals surface area contributed by atoms with Gasteiger partial charge in [-0.25, -0.2) is 14.5 Å². The van der Waals surface area contributed by atoms with Crippen molar-refractivity contribution in [3.05, 3.63) is 60.4 Å². The third-order valence-electron chi connectivity index (χ3n) is 6.12. The summed E-state index contributed by atoms with van der Waals surface area (Å²) in [7, 11) is 1.69. The minimum absolute atomic E-state index is 0.336. The van der Waals surface area contributed by atoms with Crippen molar-refractivity contribution in [3.63, 3.8) is 0 Å². The zero-order valence-electron chi connectivity index (χ0n) is 18.5. The first kappa shape index (κ1) is 20.0. The lowest BCUT2D eigenvalue weighted by Crippen LogP contribution is -2.22. The van der Waals surface area contributed by atoms with E-state index in [9.17, 15) is 0 Å². The highest BCUT2D eigenvalue weighted by Gasteiger charge is 2.30. The van der Waals surface area contributed by atoms with Crippen molar-refractivity contribution in [2.45, 2.75) is 31.2 Å². The summed E-state index contributed by atoms with van der Waals surface area (Å²) < 4.78 is 13.6. The number of para-hydroxylation sites is 1. The molecule has 1 saturated carbocycles. The zero-order valence-corrected chi connectivity index (χ0v) is 18.5. The number of pyridine rings is 1. The summed E-state index contributed by atoms with van der Waals surface area (Å²) in [5.74, 6) is 3.52. The number of hydrogen-bond donors (Lipinski definition) is 2. The number of rotatable bonds is 7. The number of aromatic nitrogens is 4. The van der Waals surface area contributed by atoms with Gasteiger partial charge >= 0.3 is 0 Å². The number of nitrogens with zero attached hydrogens (tertiary/aromatic N) is 4. The van der Waals surface area contributed by atoms with Crippen molar-refractivity contribution >= 4 is 11.5 Å². The molecule has 1 aromatic carbocycles. The first-order chi connectivity index (χ1) is 16.3. The molecule has 6 rings (SSSR count). The monoisotopic (exact) mass is 442 g/mol. The standard InChI is InChI=1S/C25H26N6O2/c1-32-22-13-24-27-15-21(31(24)30-25(22)16-7-8-16)20-11-19(33-18-5-3-2-4-6-18)12-23(29-20)28-17-9-10-26-14-17/h2-6,11-13,15-17,26H,7-10,14H2,1H3,(H,28,29)/t17-/m1/s1. The van der Waals surface area contributed by atoms with Gasteiger partial charge in [0.1, 0.15) is 34.5 Å². The summed E-state index contributed by atoms with van der Waals surface area (Å²) in [6.45, 7) is 1.93. The minimum Gasteiger partial charge on any atom is -0.495 e. The van der Waals surface area contributed by atoms with Crippen molar-refractivity contribution in [3.8, 4) is 28.6 Å². The van der Waals surface area contributed by atoms with E-state index in [-0.39, 0.29) is 0 Å². The van der Waals surface area contributed by atoms with Crippen molar-refractivity contribution in [2.24, 2.45) is 0 Å². The second kappa shape index (κ2) is 8.37. The van der Waals surface area contributed by atoms with Gasteiger partial charge in [0.15, 0.2) is 5.65 Å². The Balaban J connectivity index is 1.43. The van der Waals surface area contributed by atoms with E-state index >= 15 is 0 Å². The Labute approximate surface area is 192 Å². The first-order valence-corrected chi connectivity index (χ1v) is 11.4. The normalized spacial score (nSPS) is 17.9. The highest BCUT2D eigenvalue weighted by atomic mass is 16.5. The molecule has 0 bridgehead atoms. The molecule has 4 aromatic rings. The maximum atomic E-state index is 6.18. The van der Waals surface area contributed by atoms with Gasteiger partial charge in [-0.3, -0.25) is 0 Å². The van der Waals surface area contributed by atoms with Gasteiger partial charge in [0.05, 0.1) is 19.0 Å². The van der Waals surface area contributed by atoms with Gasteiger partial charge in [0.2, 0.25) is 0 Å². The largest absolute Gasteiger partial charge is 0.495 e. The fourth-order valence-corrected chi connectivity index (χ4v) is 4.27. The summed E-state index contributed by atoms with van der Waals surface area (Å²) >= 11 is 0. The number of imidazole rings is 1. The fraction of sp³-hybridized carbons (Fsp3) is 0.320. The molecule has 0 spiro atoms. The predicted molar refractivity (Wildman–Crippen MR) is 126 cm³/mol. The topological polar surface area (TPSA) is 85.6 Å². The van der Waals surface area contributed by atoms with E-state index in [1.807, 2.05) is 59.2 Å². The summed E-state index contributed by atoms with van der Waals surface area (Å²) in [5.41, 5.74) is 3.29. The van der Waals surface area contributed by atoms with Crippen LogP contribution in [0, 0.1) is 0 Å². The van der Waals surface area contributed by atoms with Crippen LogP contribution in [0.5, 0.6) is 17.2 Å². The number of methoxy groups -OCH3 is 1. The van der Waals surface area contributed by atoms with E-state index < -0.39 is 0 Å². The predicted octanol–water partition coefficient (Wildman–Crippen LogP) is 4.24. The number of hydrogen-bond acceptors (Lipinski definition) is 7. The maximum Gasteiger partial charge on any atom is 0.157 e. The lowest BCUT2D eigenvalue weighted by Gasteiger charge is -2.15. The van der Waals surface area contributed by atoms with E-state index in [0.29, 0.717) is 17.7 Å². The highest BCUT2D eigenvalue weighted by molar-refractivity contribution is 5.65. The van der Waals surface area contributed by atoms with Crippen LogP contribution in [0.3, 0.4) is 0 Å². The van der Waals surface area contributed by atoms with Gasteiger partial charge in [-0.05, 0) is 37.9 Å². The van der Waals surface area contributed by atoms with Crippen molar-refractivity contribution < 1.29 is 9.47 Å². The molecular weight excluding hydrogens is 416 g/mol. The third kappa shape index (κ3) is 4.09. The third-order valence-corrected chi connectivity index (χ3v) is 6.12. The second-order valence-electron chi connectivity index (χ2n) is 8.61. The van der Waals surface area contributed by atoms with Crippen molar-refractivity contribution in [1.82, 2.24) is 24.9 Å². The Morgan fingerprint density at radius 1 is 1.06 bits per heavy atom. The van der Waals surface area contributed by atoms with Crippen LogP contribution in [-0.2, 0) is 0 Å². The average Bonchev–Trinajstić information content (AvgIpc) is 3.40. The SMILES string of the molecule is COc1cc2ncc(-c3cc(Oc4ccccc4)cc(N[C@@H]4CCNC4)n3)n2nc1C1CC1. The lowest BCUT2D eigenvalue weighted by atomic mass is 10.2. The average molecular weight is 443 g/mol. The Morgan fingerprint density at radius 2 is 1.94 bits per heavy atom. The number of benzene rings is 1. The Bertz CT molecular complexity index is 1280. The van der Waals surface area contributed by atoms with Crippen LogP contribution in [0.25, 0.3) is 17.0 Å². The van der Waals surface area contributed by atoms with Crippen LogP contribution in [0.4, 0.5) is 5.82 Å². The molecule has 1 saturated heterocycles. The molecule has 2 fully saturated rings. The number of anilines is 1. The van der Waals surface area contributed by atoms with Gasteiger partial charge in [-0.1, -0.05) is 18.2 Å². The maximum absolute atomic E-state index is 6.18. The van der Waals surface area contributed by atoms with E-state index in [0.717, 1.165) is 72.4 Å². The van der Waals surface area contributed by atoms with Gasteiger partial charge in [-0.2, -0.15) is 5.10 Å². The molecule has 1 atom stereocenters. The number of fused-ring (bicyclic) bond motifs is 1. The van der Waals surface area contributed by atoms with Gasteiger partial charge in [0.25, 0.3) is 0 Å². The Morgan fingerprint density at radius 3 is 2.70 bits per heavy atom. The molecule has 168 valence electrons. The number of ether oxygens (including phenoxy) is 2. The molecule has 0 unspecified atom stereocenters. The minimum atomic E-state index is 0.336. The summed E-state index contributed by atoms with van der Waals surface area (Å²) in [6.07, 6.45) is 5.15. The summed E-state index contributed by atoms with van der Waals surface area (Å²) in [5, 5.41) is 11.8. The molecule has 2 aliphatic rings. The van der Waals surface area contributed by atoms with Gasteiger partial charge in [-0.15, -0.1) is 0 Å². The molecule has 1 aliphatic carbocycles. The van der Waals surface area contributed by atoms with Crippen LogP contribution < -0.4 is 20.1 Å². The fourth-order valence-electron chi connectivity index (χ4n) is 4.27. The van der Waals surface area contributed by atoms with Gasteiger partial charge in [0, 0.05) is 36.7 Å². The van der Waals surface area contributed by atoms with Crippen LogP contribution >= 0.6 is 0 Å². The van der Waals surface area contributed by atoms with Crippen molar-refractivity contribution in [2.75, 3.05) is 25.5 Å². The molecule has 2 N–H and O–H groups in total. The lowest BCUT2D eigenvalue weighted by molar-refractivity contribution is 0.405. The molecule has 3 aromatic heterocycles. The Kier molecular flexibility index (Phi) is 5.07. The van der Waals surface area contributed by atoms with Crippen LogP contribution in [0.2, 0.25) is 0 Å². The van der Waals surface area contributed by atoms with E-state index in [4.69, 9.17) is 19.6 Å². The Hall–Kier alpha value is -3.65. The zero-order chi connectivity index (χ0) is 22.2. The summed E-state index contributed by atoms with van der Waals surface area (Å²) in [6, 6.07) is 16.0. The molecule has 0 amide bonds. The quantitative estimate of drug-likeness (QED) is 0.443. The molecule has 8 heteroatoms. The highest BCUT2D eigenvalue weighted by Crippen LogP contribution is 2.43. The molecular formula is C25H26N6O2. The van der Waals surface area contributed by atoms with Crippen LogP contribution in [0.15, 0.2) is 54.7 Å². The number of nitrogens with one attached hydrogen (secondary N) is 2. The smallest absolute Gasteiger partial charge is 0.157 e. The van der Waals surface area contributed by atoms with E-state index in [1.54, 1.807) is 7.11 Å². The van der Waals surface area contributed by atoms with Crippen molar-refractivity contribution in [1.29, 1.82) is 0 Å². The second-order valence-corrected chi connectivity index (χ2v) is 8.61. The molecule has 4 heterocycles. The van der Waals surface area contributed by atoms with Gasteiger partial charge < -0.3 is 20.1 Å². The first-order valence-electron chi connectivity index (χ1n) is 11.4. The molecule has 1 aliphatic heterocycles. The van der Waals surface area contributed by atoms with Crippen LogP contribution in [0.1, 0.15) is 30.9 Å². The van der Waals surface area contributed by atoms with Crippen LogP contribution in [-0.4, -0.2) is 45.8 Å². The molecule has 33 heavy (non-hydrogen) atoms. The van der Waals surface area contributed by atoms with E-state index in [1.165, 1.54) is 0 Å².